The third-order valence-electron chi connectivity index (χ3n) is 6.84. The summed E-state index contributed by atoms with van der Waals surface area (Å²) in [5.41, 5.74) is 2.81. The molecule has 33 heavy (non-hydrogen) atoms. The van der Waals surface area contributed by atoms with Gasteiger partial charge in [-0.25, -0.2) is 0 Å². The molecule has 2 fully saturated rings. The largest absolute Gasteiger partial charge is 0.497 e. The fourth-order valence-electron chi connectivity index (χ4n) is 5.24. The maximum absolute atomic E-state index is 13.3. The number of nitrogens with zero attached hydrogens (tertiary/aromatic N) is 3. The van der Waals surface area contributed by atoms with Crippen LogP contribution < -0.4 is 10.1 Å². The number of amides is 1. The first kappa shape index (κ1) is 21.9. The number of morpholine rings is 1. The van der Waals surface area contributed by atoms with E-state index >= 15 is 0 Å². The lowest BCUT2D eigenvalue weighted by atomic mass is 9.89. The van der Waals surface area contributed by atoms with E-state index in [0.29, 0.717) is 31.0 Å². The quantitative estimate of drug-likeness (QED) is 0.598. The summed E-state index contributed by atoms with van der Waals surface area (Å²) in [6.45, 7) is 5.21. The minimum atomic E-state index is -0.0753. The Morgan fingerprint density at radius 2 is 1.85 bits per heavy atom. The zero-order valence-corrected chi connectivity index (χ0v) is 19.4. The first-order valence-corrected chi connectivity index (χ1v) is 11.9. The van der Waals surface area contributed by atoms with Crippen LogP contribution in [-0.4, -0.2) is 59.0 Å². The lowest BCUT2D eigenvalue weighted by molar-refractivity contribution is -0.0843. The summed E-state index contributed by atoms with van der Waals surface area (Å²) in [5.74, 6) is 0.797. The van der Waals surface area contributed by atoms with E-state index in [1.54, 1.807) is 7.11 Å². The smallest absolute Gasteiger partial charge is 0.272 e. The topological polar surface area (TPSA) is 68.6 Å². The van der Waals surface area contributed by atoms with E-state index < -0.39 is 0 Å². The first-order chi connectivity index (χ1) is 16.2. The summed E-state index contributed by atoms with van der Waals surface area (Å²) >= 11 is 0. The van der Waals surface area contributed by atoms with Crippen molar-refractivity contribution in [2.45, 2.75) is 57.4 Å². The Morgan fingerprint density at radius 1 is 1.12 bits per heavy atom. The molecule has 174 valence electrons. The minimum Gasteiger partial charge on any atom is -0.497 e. The summed E-state index contributed by atoms with van der Waals surface area (Å²) < 4.78 is 13.1. The molecule has 7 nitrogen and oxygen atoms in total. The van der Waals surface area contributed by atoms with Gasteiger partial charge in [-0.2, -0.15) is 5.10 Å². The van der Waals surface area contributed by atoms with Gasteiger partial charge in [0, 0.05) is 36.6 Å². The molecule has 0 saturated carbocycles. The van der Waals surface area contributed by atoms with Gasteiger partial charge in [-0.1, -0.05) is 37.3 Å². The highest BCUT2D eigenvalue weighted by Gasteiger charge is 2.39. The molecule has 3 atom stereocenters. The van der Waals surface area contributed by atoms with Gasteiger partial charge in [-0.15, -0.1) is 0 Å². The SMILES string of the molecule is CCCn1nc(C(=O)NC2C[C@H]3COC[C@@H](C2)N3Cc2ccc(OC)cc2)c2ccccc21. The van der Waals surface area contributed by atoms with E-state index in [-0.39, 0.29) is 11.9 Å². The number of benzene rings is 2. The Kier molecular flexibility index (Phi) is 6.33. The van der Waals surface area contributed by atoms with Crippen LogP contribution in [0.1, 0.15) is 42.2 Å². The number of para-hydroxylation sites is 1. The Morgan fingerprint density at radius 3 is 2.55 bits per heavy atom. The Balaban J connectivity index is 1.28. The number of fused-ring (bicyclic) bond motifs is 3. The molecule has 3 aromatic rings. The summed E-state index contributed by atoms with van der Waals surface area (Å²) in [7, 11) is 1.69. The highest BCUT2D eigenvalue weighted by molar-refractivity contribution is 6.05. The Hall–Kier alpha value is -2.90. The average molecular weight is 449 g/mol. The van der Waals surface area contributed by atoms with Crippen molar-refractivity contribution in [3.05, 3.63) is 59.8 Å². The molecule has 0 radical (unpaired) electrons. The van der Waals surface area contributed by atoms with E-state index in [4.69, 9.17) is 9.47 Å². The van der Waals surface area contributed by atoms with Gasteiger partial charge in [0.05, 0.1) is 25.8 Å². The number of aryl methyl sites for hydroxylation is 1. The molecule has 1 unspecified atom stereocenters. The zero-order valence-electron chi connectivity index (χ0n) is 19.4. The molecule has 0 spiro atoms. The van der Waals surface area contributed by atoms with Crippen LogP contribution in [0.15, 0.2) is 48.5 Å². The van der Waals surface area contributed by atoms with Crippen molar-refractivity contribution in [3.63, 3.8) is 0 Å². The second-order valence-electron chi connectivity index (χ2n) is 9.10. The number of methoxy groups -OCH3 is 1. The van der Waals surface area contributed by atoms with Gasteiger partial charge < -0.3 is 14.8 Å². The van der Waals surface area contributed by atoms with Gasteiger partial charge in [0.1, 0.15) is 5.75 Å². The number of nitrogens with one attached hydrogen (secondary N) is 1. The van der Waals surface area contributed by atoms with Crippen LogP contribution in [0, 0.1) is 0 Å². The van der Waals surface area contributed by atoms with Crippen LogP contribution in [-0.2, 0) is 17.8 Å². The average Bonchev–Trinajstić information content (AvgIpc) is 3.19. The molecule has 3 heterocycles. The molecule has 5 rings (SSSR count). The second kappa shape index (κ2) is 9.53. The second-order valence-corrected chi connectivity index (χ2v) is 9.10. The van der Waals surface area contributed by atoms with Crippen LogP contribution in [0.4, 0.5) is 0 Å². The van der Waals surface area contributed by atoms with E-state index in [1.807, 2.05) is 41.1 Å². The van der Waals surface area contributed by atoms with Crippen molar-refractivity contribution in [3.8, 4) is 5.75 Å². The predicted molar refractivity (Wildman–Crippen MR) is 127 cm³/mol. The van der Waals surface area contributed by atoms with Gasteiger partial charge >= 0.3 is 0 Å². The van der Waals surface area contributed by atoms with Gasteiger partial charge in [-0.05, 0) is 43.0 Å². The Labute approximate surface area is 194 Å². The lowest BCUT2D eigenvalue weighted by Crippen LogP contribution is -2.60. The number of hydrogen-bond donors (Lipinski definition) is 1. The zero-order chi connectivity index (χ0) is 22.8. The predicted octanol–water partition coefficient (Wildman–Crippen LogP) is 3.62. The number of piperidine rings is 1. The number of aromatic nitrogens is 2. The van der Waals surface area contributed by atoms with Gasteiger partial charge in [0.15, 0.2) is 5.69 Å². The van der Waals surface area contributed by atoms with E-state index in [2.05, 4.69) is 34.4 Å². The molecule has 7 heteroatoms. The summed E-state index contributed by atoms with van der Waals surface area (Å²) in [4.78, 5) is 15.8. The van der Waals surface area contributed by atoms with E-state index in [9.17, 15) is 4.79 Å². The highest BCUT2D eigenvalue weighted by Crippen LogP contribution is 2.30. The van der Waals surface area contributed by atoms with Crippen LogP contribution >= 0.6 is 0 Å². The number of ether oxygens (including phenoxy) is 2. The highest BCUT2D eigenvalue weighted by atomic mass is 16.5. The lowest BCUT2D eigenvalue weighted by Gasteiger charge is -2.48. The molecular formula is C26H32N4O3. The third-order valence-corrected chi connectivity index (χ3v) is 6.84. The van der Waals surface area contributed by atoms with Crippen molar-refractivity contribution < 1.29 is 14.3 Å². The molecule has 1 aromatic heterocycles. The molecule has 1 amide bonds. The summed E-state index contributed by atoms with van der Waals surface area (Å²) in [5, 5.41) is 8.88. The molecule has 0 aliphatic carbocycles. The minimum absolute atomic E-state index is 0.0753. The van der Waals surface area contributed by atoms with Crippen molar-refractivity contribution in [1.82, 2.24) is 20.0 Å². The van der Waals surface area contributed by atoms with Crippen molar-refractivity contribution in [2.75, 3.05) is 20.3 Å². The van der Waals surface area contributed by atoms with Gasteiger partial charge in [0.25, 0.3) is 5.91 Å². The standard InChI is InChI=1S/C26H32N4O3/c1-3-12-30-24-7-5-4-6-23(24)25(28-30)26(31)27-19-13-20-16-33-17-21(14-19)29(20)15-18-8-10-22(32-2)11-9-18/h4-11,19-21H,3,12-17H2,1-2H3,(H,27,31)/t19?,20-,21+. The number of carbonyl (C=O) groups is 1. The fraction of sp³-hybridized carbons (Fsp3) is 0.462. The molecule has 2 aliphatic heterocycles. The number of hydrogen-bond acceptors (Lipinski definition) is 5. The summed E-state index contributed by atoms with van der Waals surface area (Å²) in [6.07, 6.45) is 2.74. The fourth-order valence-corrected chi connectivity index (χ4v) is 5.24. The maximum Gasteiger partial charge on any atom is 0.272 e. The number of rotatable bonds is 7. The maximum atomic E-state index is 13.3. The summed E-state index contributed by atoms with van der Waals surface area (Å²) in [6, 6.07) is 17.0. The third kappa shape index (κ3) is 4.48. The molecular weight excluding hydrogens is 416 g/mol. The van der Waals surface area contributed by atoms with Crippen molar-refractivity contribution >= 4 is 16.8 Å². The monoisotopic (exact) mass is 448 g/mol. The van der Waals surface area contributed by atoms with Gasteiger partial charge in [0.2, 0.25) is 0 Å². The van der Waals surface area contributed by atoms with Crippen LogP contribution in [0.25, 0.3) is 10.9 Å². The molecule has 2 aromatic carbocycles. The molecule has 2 aliphatic rings. The molecule has 1 N–H and O–H groups in total. The van der Waals surface area contributed by atoms with Crippen LogP contribution in [0.3, 0.4) is 0 Å². The number of carbonyl (C=O) groups excluding carboxylic acids is 1. The van der Waals surface area contributed by atoms with Gasteiger partial charge in [-0.3, -0.25) is 14.4 Å². The van der Waals surface area contributed by atoms with Crippen molar-refractivity contribution in [2.24, 2.45) is 0 Å². The van der Waals surface area contributed by atoms with Crippen LogP contribution in [0.5, 0.6) is 5.75 Å². The first-order valence-electron chi connectivity index (χ1n) is 11.9. The van der Waals surface area contributed by atoms with E-state index in [0.717, 1.165) is 49.0 Å². The van der Waals surface area contributed by atoms with Crippen molar-refractivity contribution in [1.29, 1.82) is 0 Å². The molecule has 2 saturated heterocycles. The molecule has 2 bridgehead atoms. The Bertz CT molecular complexity index is 1100. The van der Waals surface area contributed by atoms with Crippen LogP contribution in [0.2, 0.25) is 0 Å². The normalized spacial score (nSPS) is 22.9. The van der Waals surface area contributed by atoms with E-state index in [1.165, 1.54) is 5.56 Å².